The molecule has 0 spiro atoms. The standard InChI is InChI=1S/C20H19BrN2O4/c1-3-8-27-19-11-17(21)13(10-18(19)26-2)9-14(12-22)20(25)23-15-4-6-16(24)7-5-15/h4-7,9-11,24H,3,8H2,1-2H3,(H,23,25). The fourth-order valence-corrected chi connectivity index (χ4v) is 2.63. The minimum atomic E-state index is -0.555. The number of anilines is 1. The van der Waals surface area contributed by atoms with E-state index in [4.69, 9.17) is 9.47 Å². The molecule has 0 aliphatic heterocycles. The Labute approximate surface area is 166 Å². The van der Waals surface area contributed by atoms with Gasteiger partial charge in [-0.25, -0.2) is 0 Å². The van der Waals surface area contributed by atoms with Crippen molar-refractivity contribution in [3.05, 3.63) is 52.0 Å². The van der Waals surface area contributed by atoms with Gasteiger partial charge in [-0.05, 0) is 54.5 Å². The summed E-state index contributed by atoms with van der Waals surface area (Å²) in [7, 11) is 1.53. The smallest absolute Gasteiger partial charge is 0.266 e. The normalized spacial score (nSPS) is 10.8. The van der Waals surface area contributed by atoms with Crippen molar-refractivity contribution in [2.75, 3.05) is 19.0 Å². The number of hydrogen-bond acceptors (Lipinski definition) is 5. The lowest BCUT2D eigenvalue weighted by atomic mass is 10.1. The molecule has 0 atom stereocenters. The van der Waals surface area contributed by atoms with Gasteiger partial charge in [0.25, 0.3) is 5.91 Å². The molecule has 140 valence electrons. The maximum atomic E-state index is 12.4. The number of methoxy groups -OCH3 is 1. The Morgan fingerprint density at radius 2 is 2.00 bits per heavy atom. The fraction of sp³-hybridized carbons (Fsp3) is 0.200. The van der Waals surface area contributed by atoms with Crippen molar-refractivity contribution < 1.29 is 19.4 Å². The molecule has 0 heterocycles. The zero-order valence-corrected chi connectivity index (χ0v) is 16.5. The highest BCUT2D eigenvalue weighted by Crippen LogP contribution is 2.34. The molecule has 2 aromatic carbocycles. The van der Waals surface area contributed by atoms with Crippen LogP contribution in [0.5, 0.6) is 17.2 Å². The number of nitrogens with one attached hydrogen (secondary N) is 1. The van der Waals surface area contributed by atoms with E-state index in [0.717, 1.165) is 6.42 Å². The molecule has 2 rings (SSSR count). The van der Waals surface area contributed by atoms with Crippen LogP contribution in [-0.2, 0) is 4.79 Å². The van der Waals surface area contributed by atoms with Crippen molar-refractivity contribution >= 4 is 33.6 Å². The van der Waals surface area contributed by atoms with Gasteiger partial charge in [-0.2, -0.15) is 5.26 Å². The summed E-state index contributed by atoms with van der Waals surface area (Å²) >= 11 is 3.43. The number of nitrogens with zero attached hydrogens (tertiary/aromatic N) is 1. The van der Waals surface area contributed by atoms with Crippen LogP contribution in [0.4, 0.5) is 5.69 Å². The van der Waals surface area contributed by atoms with Gasteiger partial charge in [-0.15, -0.1) is 0 Å². The highest BCUT2D eigenvalue weighted by atomic mass is 79.9. The first-order valence-corrected chi connectivity index (χ1v) is 9.00. The Balaban J connectivity index is 2.29. The zero-order chi connectivity index (χ0) is 19.8. The van der Waals surface area contributed by atoms with Crippen LogP contribution >= 0.6 is 15.9 Å². The van der Waals surface area contributed by atoms with Gasteiger partial charge in [-0.1, -0.05) is 22.9 Å². The molecular weight excluding hydrogens is 412 g/mol. The number of phenols is 1. The summed E-state index contributed by atoms with van der Waals surface area (Å²) in [5.41, 5.74) is 1.00. The monoisotopic (exact) mass is 430 g/mol. The van der Waals surface area contributed by atoms with E-state index >= 15 is 0 Å². The predicted octanol–water partition coefficient (Wildman–Crippen LogP) is 4.50. The molecule has 0 aromatic heterocycles. The quantitative estimate of drug-likeness (QED) is 0.383. The van der Waals surface area contributed by atoms with Gasteiger partial charge >= 0.3 is 0 Å². The lowest BCUT2D eigenvalue weighted by molar-refractivity contribution is -0.112. The van der Waals surface area contributed by atoms with E-state index in [-0.39, 0.29) is 11.3 Å². The van der Waals surface area contributed by atoms with Crippen LogP contribution < -0.4 is 14.8 Å². The van der Waals surface area contributed by atoms with Crippen LogP contribution in [0.15, 0.2) is 46.4 Å². The third-order valence-electron chi connectivity index (χ3n) is 3.53. The lowest BCUT2D eigenvalue weighted by Crippen LogP contribution is -2.13. The van der Waals surface area contributed by atoms with E-state index in [9.17, 15) is 15.2 Å². The fourth-order valence-electron chi connectivity index (χ4n) is 2.19. The number of carbonyl (C=O) groups excluding carboxylic acids is 1. The maximum Gasteiger partial charge on any atom is 0.266 e. The van der Waals surface area contributed by atoms with Gasteiger partial charge in [0.15, 0.2) is 11.5 Å². The molecule has 6 nitrogen and oxygen atoms in total. The van der Waals surface area contributed by atoms with E-state index in [1.54, 1.807) is 24.3 Å². The van der Waals surface area contributed by atoms with Crippen LogP contribution in [0.3, 0.4) is 0 Å². The van der Waals surface area contributed by atoms with E-state index in [0.29, 0.717) is 33.8 Å². The summed E-state index contributed by atoms with van der Waals surface area (Å²) in [5, 5.41) is 21.3. The molecule has 0 radical (unpaired) electrons. The Morgan fingerprint density at radius 1 is 1.30 bits per heavy atom. The SMILES string of the molecule is CCCOc1cc(Br)c(C=C(C#N)C(=O)Nc2ccc(O)cc2)cc1OC. The van der Waals surface area contributed by atoms with Crippen molar-refractivity contribution in [2.45, 2.75) is 13.3 Å². The second-order valence-electron chi connectivity index (χ2n) is 5.54. The summed E-state index contributed by atoms with van der Waals surface area (Å²) in [6.45, 7) is 2.56. The molecule has 0 unspecified atom stereocenters. The molecule has 0 aliphatic carbocycles. The lowest BCUT2D eigenvalue weighted by Gasteiger charge is -2.12. The average Bonchev–Trinajstić information content (AvgIpc) is 2.67. The van der Waals surface area contributed by atoms with Crippen molar-refractivity contribution in [1.82, 2.24) is 0 Å². The van der Waals surface area contributed by atoms with Gasteiger partial charge < -0.3 is 19.9 Å². The minimum absolute atomic E-state index is 0.0759. The van der Waals surface area contributed by atoms with E-state index in [1.165, 1.54) is 25.3 Å². The number of ether oxygens (including phenoxy) is 2. The maximum absolute atomic E-state index is 12.4. The number of nitriles is 1. The average molecular weight is 431 g/mol. The number of halogens is 1. The summed E-state index contributed by atoms with van der Waals surface area (Å²) in [5.74, 6) is 0.621. The topological polar surface area (TPSA) is 91.6 Å². The van der Waals surface area contributed by atoms with Crippen LogP contribution in [-0.4, -0.2) is 24.7 Å². The number of aromatic hydroxyl groups is 1. The highest BCUT2D eigenvalue weighted by molar-refractivity contribution is 9.10. The molecule has 2 aromatic rings. The van der Waals surface area contributed by atoms with Gasteiger partial charge in [-0.3, -0.25) is 4.79 Å². The first-order valence-electron chi connectivity index (χ1n) is 8.21. The molecule has 1 amide bonds. The Hall–Kier alpha value is -2.98. The van der Waals surface area contributed by atoms with Gasteiger partial charge in [0, 0.05) is 10.2 Å². The van der Waals surface area contributed by atoms with E-state index in [1.807, 2.05) is 13.0 Å². The second-order valence-corrected chi connectivity index (χ2v) is 6.40. The van der Waals surface area contributed by atoms with Crippen molar-refractivity contribution in [2.24, 2.45) is 0 Å². The third kappa shape index (κ3) is 5.50. The summed E-state index contributed by atoms with van der Waals surface area (Å²) in [4.78, 5) is 12.4. The highest BCUT2D eigenvalue weighted by Gasteiger charge is 2.14. The van der Waals surface area contributed by atoms with Gasteiger partial charge in [0.05, 0.1) is 13.7 Å². The minimum Gasteiger partial charge on any atom is -0.508 e. The number of hydrogen-bond donors (Lipinski definition) is 2. The summed E-state index contributed by atoms with van der Waals surface area (Å²) in [6.07, 6.45) is 2.32. The molecule has 0 saturated carbocycles. The molecule has 0 aliphatic rings. The van der Waals surface area contributed by atoms with Crippen LogP contribution in [0.2, 0.25) is 0 Å². The molecule has 0 fully saturated rings. The number of benzene rings is 2. The Kier molecular flexibility index (Phi) is 7.26. The first kappa shape index (κ1) is 20.3. The number of phenolic OH excluding ortho intramolecular Hbond substituents is 1. The molecule has 2 N–H and O–H groups in total. The molecule has 27 heavy (non-hydrogen) atoms. The molecule has 0 saturated heterocycles. The van der Waals surface area contributed by atoms with E-state index < -0.39 is 5.91 Å². The Bertz CT molecular complexity index is 886. The zero-order valence-electron chi connectivity index (χ0n) is 15.0. The van der Waals surface area contributed by atoms with Crippen molar-refractivity contribution in [1.29, 1.82) is 5.26 Å². The van der Waals surface area contributed by atoms with Crippen LogP contribution in [0.25, 0.3) is 6.08 Å². The third-order valence-corrected chi connectivity index (χ3v) is 4.22. The van der Waals surface area contributed by atoms with Gasteiger partial charge in [0.1, 0.15) is 17.4 Å². The summed E-state index contributed by atoms with van der Waals surface area (Å²) in [6, 6.07) is 11.3. The van der Waals surface area contributed by atoms with Gasteiger partial charge in [0.2, 0.25) is 0 Å². The largest absolute Gasteiger partial charge is 0.508 e. The second kappa shape index (κ2) is 9.64. The molecule has 0 bridgehead atoms. The number of rotatable bonds is 7. The van der Waals surface area contributed by atoms with Crippen LogP contribution in [0, 0.1) is 11.3 Å². The Morgan fingerprint density at radius 3 is 2.59 bits per heavy atom. The van der Waals surface area contributed by atoms with Crippen molar-refractivity contribution in [3.8, 4) is 23.3 Å². The molecular formula is C20H19BrN2O4. The van der Waals surface area contributed by atoms with E-state index in [2.05, 4.69) is 21.2 Å². The predicted molar refractivity (Wildman–Crippen MR) is 107 cm³/mol. The number of amides is 1. The molecule has 7 heteroatoms. The summed E-state index contributed by atoms with van der Waals surface area (Å²) < 4.78 is 11.6. The first-order chi connectivity index (χ1) is 13.0. The van der Waals surface area contributed by atoms with Crippen molar-refractivity contribution in [3.63, 3.8) is 0 Å². The van der Waals surface area contributed by atoms with Crippen LogP contribution in [0.1, 0.15) is 18.9 Å². The number of carbonyl (C=O) groups is 1.